The number of aliphatic hydroxyl groups is 1. The molecule has 0 spiro atoms. The molecule has 0 aliphatic heterocycles. The number of nitrogens with zero attached hydrogens (tertiary/aromatic N) is 1. The van der Waals surface area contributed by atoms with Gasteiger partial charge in [0.15, 0.2) is 5.75 Å². The molecule has 0 aromatic heterocycles. The van der Waals surface area contributed by atoms with E-state index in [-0.39, 0.29) is 17.5 Å². The first-order valence-corrected chi connectivity index (χ1v) is 5.76. The molecule has 1 aliphatic carbocycles. The molecule has 0 radical (unpaired) electrons. The molecule has 7 heteroatoms. The highest BCUT2D eigenvalue weighted by Gasteiger charge is 2.42. The molecule has 19 heavy (non-hydrogen) atoms. The molecule has 0 heterocycles. The van der Waals surface area contributed by atoms with Crippen molar-refractivity contribution in [2.24, 2.45) is 0 Å². The average Bonchev–Trinajstić information content (AvgIpc) is 2.38. The van der Waals surface area contributed by atoms with E-state index >= 15 is 0 Å². The van der Waals surface area contributed by atoms with Crippen LogP contribution in [0.5, 0.6) is 11.5 Å². The van der Waals surface area contributed by atoms with Crippen LogP contribution in [-0.2, 0) is 4.74 Å². The minimum atomic E-state index is -0.553. The molecule has 1 aliphatic rings. The largest absolute Gasteiger partial charge is 0.490 e. The molecule has 7 nitrogen and oxygen atoms in total. The minimum absolute atomic E-state index is 0.158. The number of hydrogen-bond donors (Lipinski definition) is 1. The van der Waals surface area contributed by atoms with Crippen molar-refractivity contribution in [1.29, 1.82) is 0 Å². The van der Waals surface area contributed by atoms with Gasteiger partial charge in [-0.25, -0.2) is 0 Å². The predicted molar refractivity (Wildman–Crippen MR) is 65.5 cm³/mol. The highest BCUT2D eigenvalue weighted by Crippen LogP contribution is 2.34. The summed E-state index contributed by atoms with van der Waals surface area (Å²) in [6, 6.07) is 4.36. The molecule has 0 saturated heterocycles. The van der Waals surface area contributed by atoms with Crippen molar-refractivity contribution in [3.63, 3.8) is 0 Å². The van der Waals surface area contributed by atoms with E-state index in [2.05, 4.69) is 0 Å². The van der Waals surface area contributed by atoms with Gasteiger partial charge in [0.2, 0.25) is 0 Å². The molecule has 0 bridgehead atoms. The van der Waals surface area contributed by atoms with E-state index in [0.717, 1.165) is 0 Å². The first-order valence-electron chi connectivity index (χ1n) is 5.76. The Morgan fingerprint density at radius 3 is 2.68 bits per heavy atom. The smallest absolute Gasteiger partial charge is 0.314 e. The molecule has 3 unspecified atom stereocenters. The van der Waals surface area contributed by atoms with E-state index in [0.29, 0.717) is 12.2 Å². The van der Waals surface area contributed by atoms with Gasteiger partial charge in [-0.2, -0.15) is 0 Å². The number of hydrogen-bond acceptors (Lipinski definition) is 6. The zero-order chi connectivity index (χ0) is 14.0. The third-order valence-corrected chi connectivity index (χ3v) is 3.13. The topological polar surface area (TPSA) is 91.1 Å². The zero-order valence-corrected chi connectivity index (χ0v) is 10.6. The summed E-state index contributed by atoms with van der Waals surface area (Å²) < 4.78 is 15.5. The average molecular weight is 269 g/mol. The Kier molecular flexibility index (Phi) is 3.87. The second kappa shape index (κ2) is 5.41. The van der Waals surface area contributed by atoms with Crippen LogP contribution in [0, 0.1) is 10.1 Å². The van der Waals surface area contributed by atoms with Gasteiger partial charge in [-0.05, 0) is 12.1 Å². The Hall–Kier alpha value is -1.86. The Bertz CT molecular complexity index is 477. The fraction of sp³-hybridized carbons (Fsp3) is 0.500. The summed E-state index contributed by atoms with van der Waals surface area (Å²) in [6.07, 6.45) is -0.810. The molecule has 3 atom stereocenters. The van der Waals surface area contributed by atoms with Gasteiger partial charge in [-0.1, -0.05) is 0 Å². The van der Waals surface area contributed by atoms with E-state index in [1.54, 1.807) is 6.07 Å². The lowest BCUT2D eigenvalue weighted by molar-refractivity contribution is -0.385. The maximum Gasteiger partial charge on any atom is 0.314 e. The number of aliphatic hydroxyl groups excluding tert-OH is 1. The van der Waals surface area contributed by atoms with E-state index in [1.807, 2.05) is 0 Å². The number of nitro benzene ring substituents is 1. The molecule has 104 valence electrons. The van der Waals surface area contributed by atoms with E-state index in [9.17, 15) is 15.2 Å². The van der Waals surface area contributed by atoms with Gasteiger partial charge in [0, 0.05) is 13.5 Å². The Balaban J connectivity index is 2.13. The van der Waals surface area contributed by atoms with Gasteiger partial charge in [-0.15, -0.1) is 0 Å². The van der Waals surface area contributed by atoms with Crippen LogP contribution in [0.2, 0.25) is 0 Å². The maximum atomic E-state index is 10.9. The van der Waals surface area contributed by atoms with Crippen molar-refractivity contribution in [3.05, 3.63) is 28.3 Å². The van der Waals surface area contributed by atoms with Gasteiger partial charge >= 0.3 is 5.69 Å². The lowest BCUT2D eigenvalue weighted by Crippen LogP contribution is -2.54. The van der Waals surface area contributed by atoms with Gasteiger partial charge in [0.05, 0.1) is 24.2 Å². The van der Waals surface area contributed by atoms with Crippen LogP contribution in [0.3, 0.4) is 0 Å². The molecular weight excluding hydrogens is 254 g/mol. The van der Waals surface area contributed by atoms with Crippen LogP contribution < -0.4 is 9.47 Å². The number of nitro groups is 1. The first kappa shape index (κ1) is 13.6. The quantitative estimate of drug-likeness (QED) is 0.636. The summed E-state index contributed by atoms with van der Waals surface area (Å²) in [4.78, 5) is 10.3. The molecule has 1 fully saturated rings. The van der Waals surface area contributed by atoms with Crippen molar-refractivity contribution in [2.75, 3.05) is 14.2 Å². The van der Waals surface area contributed by atoms with Crippen molar-refractivity contribution >= 4 is 5.69 Å². The molecule has 0 amide bonds. The lowest BCUT2D eigenvalue weighted by Gasteiger charge is -2.39. The van der Waals surface area contributed by atoms with Crippen LogP contribution in [-0.4, -0.2) is 42.6 Å². The normalized spacial score (nSPS) is 25.5. The fourth-order valence-corrected chi connectivity index (χ4v) is 2.04. The van der Waals surface area contributed by atoms with Crippen molar-refractivity contribution in [3.8, 4) is 11.5 Å². The van der Waals surface area contributed by atoms with Crippen molar-refractivity contribution < 1.29 is 24.2 Å². The van der Waals surface area contributed by atoms with Gasteiger partial charge in [0.25, 0.3) is 0 Å². The molecular formula is C12H15NO6. The summed E-state index contributed by atoms with van der Waals surface area (Å²) >= 11 is 0. The lowest BCUT2D eigenvalue weighted by atomic mass is 9.88. The summed E-state index contributed by atoms with van der Waals surface area (Å²) in [5, 5.41) is 20.3. The Labute approximate surface area is 109 Å². The second-order valence-electron chi connectivity index (χ2n) is 4.25. The fourth-order valence-electron chi connectivity index (χ4n) is 2.04. The number of benzene rings is 1. The molecule has 1 aromatic carbocycles. The minimum Gasteiger partial charge on any atom is -0.490 e. The third-order valence-electron chi connectivity index (χ3n) is 3.13. The van der Waals surface area contributed by atoms with Crippen LogP contribution >= 0.6 is 0 Å². The second-order valence-corrected chi connectivity index (χ2v) is 4.25. The van der Waals surface area contributed by atoms with E-state index in [4.69, 9.17) is 14.2 Å². The SMILES string of the molecule is COc1ccc(OC2CC(O)C2OC)cc1[N+](=O)[O-]. The predicted octanol–water partition coefficient (Wildman–Crippen LogP) is 1.13. The molecule has 1 saturated carbocycles. The standard InChI is InChI=1S/C12H15NO6/c1-17-10-4-3-7(5-8(10)13(15)16)19-11-6-9(14)12(11)18-2/h3-5,9,11-12,14H,6H2,1-2H3. The summed E-state index contributed by atoms with van der Waals surface area (Å²) in [5.74, 6) is 0.528. The van der Waals surface area contributed by atoms with Crippen molar-refractivity contribution in [2.45, 2.75) is 24.7 Å². The van der Waals surface area contributed by atoms with Crippen molar-refractivity contribution in [1.82, 2.24) is 0 Å². The first-order chi connectivity index (χ1) is 9.06. The summed E-state index contributed by atoms with van der Waals surface area (Å²) in [5.41, 5.74) is -0.158. The highest BCUT2D eigenvalue weighted by molar-refractivity contribution is 5.50. The number of ether oxygens (including phenoxy) is 3. The summed E-state index contributed by atoms with van der Waals surface area (Å²) in [6.45, 7) is 0. The molecule has 1 N–H and O–H groups in total. The van der Waals surface area contributed by atoms with Gasteiger partial charge in [0.1, 0.15) is 18.0 Å². The van der Waals surface area contributed by atoms with Crippen LogP contribution in [0.1, 0.15) is 6.42 Å². The van der Waals surface area contributed by atoms with E-state index in [1.165, 1.54) is 26.4 Å². The monoisotopic (exact) mass is 269 g/mol. The van der Waals surface area contributed by atoms with Gasteiger partial charge < -0.3 is 19.3 Å². The zero-order valence-electron chi connectivity index (χ0n) is 10.6. The van der Waals surface area contributed by atoms with Gasteiger partial charge in [-0.3, -0.25) is 10.1 Å². The Morgan fingerprint density at radius 1 is 1.42 bits per heavy atom. The van der Waals surface area contributed by atoms with E-state index < -0.39 is 17.1 Å². The van der Waals surface area contributed by atoms with Crippen LogP contribution in [0.4, 0.5) is 5.69 Å². The Morgan fingerprint density at radius 2 is 2.16 bits per heavy atom. The maximum absolute atomic E-state index is 10.9. The van der Waals surface area contributed by atoms with Crippen LogP contribution in [0.15, 0.2) is 18.2 Å². The summed E-state index contributed by atoms with van der Waals surface area (Å²) in [7, 11) is 2.85. The third kappa shape index (κ3) is 2.61. The molecule has 2 rings (SSSR count). The number of methoxy groups -OCH3 is 2. The highest BCUT2D eigenvalue weighted by atomic mass is 16.6. The number of rotatable bonds is 5. The molecule has 1 aromatic rings. The van der Waals surface area contributed by atoms with Crippen LogP contribution in [0.25, 0.3) is 0 Å².